The Labute approximate surface area is 116 Å². The average molecular weight is 302 g/mol. The van der Waals surface area contributed by atoms with Crippen LogP contribution in [0.1, 0.15) is 29.2 Å². The SMILES string of the molecule is Cc1ccc2c(c1)C(Nc1ccc(Br)cc1)CC2. The van der Waals surface area contributed by atoms with E-state index in [1.807, 2.05) is 0 Å². The monoisotopic (exact) mass is 301 g/mol. The van der Waals surface area contributed by atoms with Gasteiger partial charge in [0.25, 0.3) is 0 Å². The van der Waals surface area contributed by atoms with Gasteiger partial charge in [-0.25, -0.2) is 0 Å². The van der Waals surface area contributed by atoms with Gasteiger partial charge in [-0.2, -0.15) is 0 Å². The summed E-state index contributed by atoms with van der Waals surface area (Å²) in [6.45, 7) is 2.16. The molecule has 1 nitrogen and oxygen atoms in total. The maximum atomic E-state index is 3.63. The van der Waals surface area contributed by atoms with Crippen LogP contribution in [0, 0.1) is 6.92 Å². The molecule has 1 atom stereocenters. The summed E-state index contributed by atoms with van der Waals surface area (Å²) in [5.74, 6) is 0. The number of benzene rings is 2. The molecular formula is C16H16BrN. The number of aryl methyl sites for hydroxylation is 2. The van der Waals surface area contributed by atoms with Crippen molar-refractivity contribution in [1.82, 2.24) is 0 Å². The number of nitrogens with one attached hydrogen (secondary N) is 1. The lowest BCUT2D eigenvalue weighted by Gasteiger charge is -2.16. The first-order valence-electron chi connectivity index (χ1n) is 6.34. The highest BCUT2D eigenvalue weighted by Gasteiger charge is 2.21. The Morgan fingerprint density at radius 3 is 2.67 bits per heavy atom. The third-order valence-electron chi connectivity index (χ3n) is 3.56. The lowest BCUT2D eigenvalue weighted by Crippen LogP contribution is -2.07. The van der Waals surface area contributed by atoms with Crippen LogP contribution in [-0.4, -0.2) is 0 Å². The number of fused-ring (bicyclic) bond motifs is 1. The molecule has 0 spiro atoms. The third-order valence-corrected chi connectivity index (χ3v) is 4.09. The summed E-state index contributed by atoms with van der Waals surface area (Å²) in [4.78, 5) is 0. The van der Waals surface area contributed by atoms with Crippen LogP contribution >= 0.6 is 15.9 Å². The normalized spacial score (nSPS) is 17.6. The molecule has 0 bridgehead atoms. The molecule has 1 aliphatic rings. The molecular weight excluding hydrogens is 286 g/mol. The Kier molecular flexibility index (Phi) is 3.13. The van der Waals surface area contributed by atoms with Crippen molar-refractivity contribution in [2.45, 2.75) is 25.8 Å². The van der Waals surface area contributed by atoms with E-state index >= 15 is 0 Å². The largest absolute Gasteiger partial charge is 0.378 e. The highest BCUT2D eigenvalue weighted by molar-refractivity contribution is 9.10. The molecule has 3 rings (SSSR count). The van der Waals surface area contributed by atoms with E-state index in [1.165, 1.54) is 35.2 Å². The van der Waals surface area contributed by atoms with Gasteiger partial charge in [-0.3, -0.25) is 0 Å². The van der Waals surface area contributed by atoms with Crippen molar-refractivity contribution in [2.75, 3.05) is 5.32 Å². The molecule has 0 aliphatic heterocycles. The van der Waals surface area contributed by atoms with Gasteiger partial charge in [0, 0.05) is 10.2 Å². The van der Waals surface area contributed by atoms with Crippen LogP contribution in [-0.2, 0) is 6.42 Å². The summed E-state index contributed by atoms with van der Waals surface area (Å²) in [6, 6.07) is 15.7. The molecule has 0 heterocycles. The lowest BCUT2D eigenvalue weighted by molar-refractivity contribution is 0.762. The Morgan fingerprint density at radius 1 is 1.11 bits per heavy atom. The van der Waals surface area contributed by atoms with E-state index < -0.39 is 0 Å². The molecule has 2 heteroatoms. The average Bonchev–Trinajstić information content (AvgIpc) is 2.75. The highest BCUT2D eigenvalue weighted by Crippen LogP contribution is 2.34. The zero-order chi connectivity index (χ0) is 12.5. The Morgan fingerprint density at radius 2 is 1.89 bits per heavy atom. The number of hydrogen-bond donors (Lipinski definition) is 1. The van der Waals surface area contributed by atoms with Gasteiger partial charge in [0.1, 0.15) is 0 Å². The van der Waals surface area contributed by atoms with E-state index in [1.54, 1.807) is 0 Å². The van der Waals surface area contributed by atoms with Gasteiger partial charge in [0.15, 0.2) is 0 Å². The minimum absolute atomic E-state index is 0.459. The maximum absolute atomic E-state index is 3.63. The van der Waals surface area contributed by atoms with Crippen LogP contribution in [0.5, 0.6) is 0 Å². The fraction of sp³-hybridized carbons (Fsp3) is 0.250. The molecule has 0 amide bonds. The predicted molar refractivity (Wildman–Crippen MR) is 80.0 cm³/mol. The van der Waals surface area contributed by atoms with E-state index in [-0.39, 0.29) is 0 Å². The predicted octanol–water partition coefficient (Wildman–Crippen LogP) is 4.86. The van der Waals surface area contributed by atoms with Crippen molar-refractivity contribution in [2.24, 2.45) is 0 Å². The number of anilines is 1. The molecule has 0 saturated heterocycles. The van der Waals surface area contributed by atoms with Crippen molar-refractivity contribution in [3.05, 3.63) is 63.6 Å². The summed E-state index contributed by atoms with van der Waals surface area (Å²) in [5, 5.41) is 3.63. The van der Waals surface area contributed by atoms with Gasteiger partial charge in [0.2, 0.25) is 0 Å². The van der Waals surface area contributed by atoms with Crippen LogP contribution in [0.15, 0.2) is 46.9 Å². The van der Waals surface area contributed by atoms with Crippen LogP contribution in [0.25, 0.3) is 0 Å². The van der Waals surface area contributed by atoms with E-state index in [9.17, 15) is 0 Å². The van der Waals surface area contributed by atoms with Crippen molar-refractivity contribution < 1.29 is 0 Å². The van der Waals surface area contributed by atoms with Crippen LogP contribution in [0.3, 0.4) is 0 Å². The second-order valence-corrected chi connectivity index (χ2v) is 5.86. The molecule has 92 valence electrons. The van der Waals surface area contributed by atoms with Crippen molar-refractivity contribution in [1.29, 1.82) is 0 Å². The van der Waals surface area contributed by atoms with Crippen LogP contribution in [0.2, 0.25) is 0 Å². The topological polar surface area (TPSA) is 12.0 Å². The van der Waals surface area contributed by atoms with E-state index in [4.69, 9.17) is 0 Å². The number of halogens is 1. The van der Waals surface area contributed by atoms with Crippen LogP contribution in [0.4, 0.5) is 5.69 Å². The van der Waals surface area contributed by atoms with Crippen molar-refractivity contribution in [3.8, 4) is 0 Å². The quantitative estimate of drug-likeness (QED) is 0.835. The van der Waals surface area contributed by atoms with E-state index in [2.05, 4.69) is 70.6 Å². The zero-order valence-corrected chi connectivity index (χ0v) is 12.0. The van der Waals surface area contributed by atoms with Crippen molar-refractivity contribution >= 4 is 21.6 Å². The molecule has 0 fully saturated rings. The third kappa shape index (κ3) is 2.30. The van der Waals surface area contributed by atoms with Gasteiger partial charge in [-0.15, -0.1) is 0 Å². The van der Waals surface area contributed by atoms with Gasteiger partial charge in [0.05, 0.1) is 6.04 Å². The first kappa shape index (κ1) is 11.8. The first-order valence-corrected chi connectivity index (χ1v) is 7.13. The minimum Gasteiger partial charge on any atom is -0.378 e. The van der Waals surface area contributed by atoms with Crippen molar-refractivity contribution in [3.63, 3.8) is 0 Å². The van der Waals surface area contributed by atoms with Gasteiger partial charge < -0.3 is 5.32 Å². The zero-order valence-electron chi connectivity index (χ0n) is 10.4. The Hall–Kier alpha value is -1.28. The molecule has 18 heavy (non-hydrogen) atoms. The Bertz CT molecular complexity index is 560. The van der Waals surface area contributed by atoms with Gasteiger partial charge in [-0.1, -0.05) is 39.7 Å². The molecule has 0 radical (unpaired) electrons. The maximum Gasteiger partial charge on any atom is 0.0519 e. The molecule has 0 aromatic heterocycles. The summed E-state index contributed by atoms with van der Waals surface area (Å²) < 4.78 is 1.12. The van der Waals surface area contributed by atoms with Crippen LogP contribution < -0.4 is 5.32 Å². The molecule has 0 saturated carbocycles. The second-order valence-electron chi connectivity index (χ2n) is 4.94. The fourth-order valence-corrected chi connectivity index (χ4v) is 2.88. The second kappa shape index (κ2) is 4.77. The molecule has 1 unspecified atom stereocenters. The lowest BCUT2D eigenvalue weighted by atomic mass is 10.0. The Balaban J connectivity index is 1.84. The van der Waals surface area contributed by atoms with E-state index in [0.717, 1.165) is 4.47 Å². The minimum atomic E-state index is 0.459. The summed E-state index contributed by atoms with van der Waals surface area (Å²) >= 11 is 3.47. The smallest absolute Gasteiger partial charge is 0.0519 e. The molecule has 2 aromatic carbocycles. The van der Waals surface area contributed by atoms with E-state index in [0.29, 0.717) is 6.04 Å². The summed E-state index contributed by atoms with van der Waals surface area (Å²) in [5.41, 5.74) is 5.50. The molecule has 1 N–H and O–H groups in total. The molecule has 1 aliphatic carbocycles. The number of rotatable bonds is 2. The summed E-state index contributed by atoms with van der Waals surface area (Å²) in [7, 11) is 0. The first-order chi connectivity index (χ1) is 8.72. The molecule has 2 aromatic rings. The van der Waals surface area contributed by atoms with Gasteiger partial charge >= 0.3 is 0 Å². The number of hydrogen-bond acceptors (Lipinski definition) is 1. The highest BCUT2D eigenvalue weighted by atomic mass is 79.9. The fourth-order valence-electron chi connectivity index (χ4n) is 2.62. The summed E-state index contributed by atoms with van der Waals surface area (Å²) in [6.07, 6.45) is 2.37. The standard InChI is InChI=1S/C16H16BrN/c1-11-2-3-12-4-9-16(15(12)10-11)18-14-7-5-13(17)6-8-14/h2-3,5-8,10,16,18H,4,9H2,1H3. The van der Waals surface area contributed by atoms with Gasteiger partial charge in [-0.05, 0) is 55.2 Å².